The minimum atomic E-state index is 0.707. The van der Waals surface area contributed by atoms with Gasteiger partial charge in [-0.3, -0.25) is 4.90 Å². The summed E-state index contributed by atoms with van der Waals surface area (Å²) in [5, 5.41) is 4.55. The zero-order valence-corrected chi connectivity index (χ0v) is 12.7. The van der Waals surface area contributed by atoms with Crippen LogP contribution in [0.2, 0.25) is 0 Å². The third-order valence-electron chi connectivity index (χ3n) is 3.91. The highest BCUT2D eigenvalue weighted by atomic mass is 32.1. The fourth-order valence-electron chi connectivity index (χ4n) is 2.72. The van der Waals surface area contributed by atoms with E-state index in [2.05, 4.69) is 46.5 Å². The average Bonchev–Trinajstić information content (AvgIpc) is 2.97. The number of piperidine rings is 1. The second-order valence-electron chi connectivity index (χ2n) is 5.39. The largest absolute Gasteiger partial charge is 0.317 e. The van der Waals surface area contributed by atoms with E-state index in [-0.39, 0.29) is 0 Å². The highest BCUT2D eigenvalue weighted by Crippen LogP contribution is 2.26. The Morgan fingerprint density at radius 2 is 2.00 bits per heavy atom. The summed E-state index contributed by atoms with van der Waals surface area (Å²) in [6.45, 7) is 3.30. The molecule has 0 aliphatic carbocycles. The van der Waals surface area contributed by atoms with E-state index in [1.54, 1.807) is 0 Å². The number of rotatable bonds is 4. The van der Waals surface area contributed by atoms with Gasteiger partial charge in [-0.15, -0.1) is 11.3 Å². The monoisotopic (exact) mass is 287 g/mol. The first kappa shape index (κ1) is 13.7. The van der Waals surface area contributed by atoms with Gasteiger partial charge in [-0.1, -0.05) is 30.3 Å². The summed E-state index contributed by atoms with van der Waals surface area (Å²) in [6, 6.07) is 11.1. The van der Waals surface area contributed by atoms with E-state index in [9.17, 15) is 0 Å². The number of nitrogens with one attached hydrogen (secondary N) is 1. The number of hydrogen-bond donors (Lipinski definition) is 1. The molecule has 2 heterocycles. The number of benzene rings is 1. The summed E-state index contributed by atoms with van der Waals surface area (Å²) in [6.07, 6.45) is 4.53. The molecule has 106 valence electrons. The van der Waals surface area contributed by atoms with Crippen molar-refractivity contribution in [3.8, 4) is 10.6 Å². The molecule has 4 heteroatoms. The Morgan fingerprint density at radius 1 is 1.25 bits per heavy atom. The predicted molar refractivity (Wildman–Crippen MR) is 84.9 cm³/mol. The summed E-state index contributed by atoms with van der Waals surface area (Å²) < 4.78 is 0. The smallest absolute Gasteiger partial charge is 0.123 e. The Hall–Kier alpha value is -1.23. The van der Waals surface area contributed by atoms with Crippen molar-refractivity contribution in [3.05, 3.63) is 41.4 Å². The van der Waals surface area contributed by atoms with Crippen LogP contribution in [0.25, 0.3) is 10.6 Å². The van der Waals surface area contributed by atoms with Crippen LogP contribution < -0.4 is 5.32 Å². The molecule has 0 bridgehead atoms. The Bertz CT molecular complexity index is 532. The quantitative estimate of drug-likeness (QED) is 0.937. The molecular formula is C16H21N3S. The van der Waals surface area contributed by atoms with Crippen molar-refractivity contribution in [1.82, 2.24) is 15.2 Å². The van der Waals surface area contributed by atoms with Gasteiger partial charge in [-0.05, 0) is 33.0 Å². The van der Waals surface area contributed by atoms with Crippen molar-refractivity contribution < 1.29 is 0 Å². The second kappa shape index (κ2) is 6.48. The maximum absolute atomic E-state index is 4.56. The molecule has 2 aromatic rings. The van der Waals surface area contributed by atoms with Crippen LogP contribution >= 0.6 is 11.3 Å². The van der Waals surface area contributed by atoms with Crippen molar-refractivity contribution in [2.24, 2.45) is 0 Å². The van der Waals surface area contributed by atoms with Gasteiger partial charge in [-0.25, -0.2) is 4.98 Å². The number of aromatic nitrogens is 1. The van der Waals surface area contributed by atoms with Crippen LogP contribution in [0.5, 0.6) is 0 Å². The Balaban J connectivity index is 1.65. The minimum Gasteiger partial charge on any atom is -0.317 e. The molecule has 1 aliphatic rings. The van der Waals surface area contributed by atoms with Crippen LogP contribution in [0.4, 0.5) is 0 Å². The lowest BCUT2D eigenvalue weighted by Crippen LogP contribution is -2.40. The molecule has 0 radical (unpaired) electrons. The molecule has 1 aliphatic heterocycles. The molecular weight excluding hydrogens is 266 g/mol. The fourth-order valence-corrected chi connectivity index (χ4v) is 3.70. The predicted octanol–water partition coefficient (Wildman–Crippen LogP) is 2.99. The normalized spacial score (nSPS) is 16.7. The first-order chi connectivity index (χ1) is 9.83. The molecule has 0 spiro atoms. The lowest BCUT2D eigenvalue weighted by molar-refractivity contribution is 0.193. The zero-order valence-electron chi connectivity index (χ0n) is 11.9. The van der Waals surface area contributed by atoms with Gasteiger partial charge >= 0.3 is 0 Å². The average molecular weight is 287 g/mol. The van der Waals surface area contributed by atoms with E-state index in [0.29, 0.717) is 6.04 Å². The van der Waals surface area contributed by atoms with Crippen molar-refractivity contribution in [2.45, 2.75) is 25.4 Å². The number of hydrogen-bond acceptors (Lipinski definition) is 4. The Labute approximate surface area is 124 Å². The minimum absolute atomic E-state index is 0.707. The molecule has 1 fully saturated rings. The van der Waals surface area contributed by atoms with Crippen LogP contribution in [0.3, 0.4) is 0 Å². The van der Waals surface area contributed by atoms with Crippen LogP contribution in [-0.4, -0.2) is 36.1 Å². The molecule has 0 saturated carbocycles. The van der Waals surface area contributed by atoms with Gasteiger partial charge in [0.15, 0.2) is 0 Å². The van der Waals surface area contributed by atoms with Crippen molar-refractivity contribution in [3.63, 3.8) is 0 Å². The van der Waals surface area contributed by atoms with E-state index in [1.807, 2.05) is 23.6 Å². The maximum atomic E-state index is 4.56. The maximum Gasteiger partial charge on any atom is 0.123 e. The van der Waals surface area contributed by atoms with Crippen molar-refractivity contribution in [1.29, 1.82) is 0 Å². The van der Waals surface area contributed by atoms with Gasteiger partial charge in [0.1, 0.15) is 5.01 Å². The van der Waals surface area contributed by atoms with Crippen LogP contribution in [0.15, 0.2) is 36.5 Å². The van der Waals surface area contributed by atoms with Gasteiger partial charge in [0.05, 0.1) is 0 Å². The van der Waals surface area contributed by atoms with Gasteiger partial charge in [0, 0.05) is 29.2 Å². The van der Waals surface area contributed by atoms with Gasteiger partial charge in [0.25, 0.3) is 0 Å². The third-order valence-corrected chi connectivity index (χ3v) is 4.94. The molecule has 1 N–H and O–H groups in total. The van der Waals surface area contributed by atoms with Gasteiger partial charge in [-0.2, -0.15) is 0 Å². The van der Waals surface area contributed by atoms with Crippen LogP contribution in [0.1, 0.15) is 17.7 Å². The molecule has 20 heavy (non-hydrogen) atoms. The van der Waals surface area contributed by atoms with Crippen molar-refractivity contribution in [2.75, 3.05) is 20.1 Å². The first-order valence-corrected chi connectivity index (χ1v) is 8.05. The van der Waals surface area contributed by atoms with E-state index in [4.69, 9.17) is 0 Å². The number of thiazole rings is 1. The van der Waals surface area contributed by atoms with E-state index in [0.717, 1.165) is 24.6 Å². The lowest BCUT2D eigenvalue weighted by atomic mass is 10.1. The van der Waals surface area contributed by atoms with Crippen molar-refractivity contribution >= 4 is 11.3 Å². The Kier molecular flexibility index (Phi) is 4.45. The molecule has 0 amide bonds. The summed E-state index contributed by atoms with van der Waals surface area (Å²) in [7, 11) is 2.23. The summed E-state index contributed by atoms with van der Waals surface area (Å²) in [5.74, 6) is 0. The van der Waals surface area contributed by atoms with Gasteiger partial charge in [0.2, 0.25) is 0 Å². The van der Waals surface area contributed by atoms with E-state index in [1.165, 1.54) is 23.3 Å². The van der Waals surface area contributed by atoms with Crippen LogP contribution in [0, 0.1) is 0 Å². The molecule has 1 aromatic carbocycles. The summed E-state index contributed by atoms with van der Waals surface area (Å²) in [5.41, 5.74) is 1.22. The third kappa shape index (κ3) is 3.26. The molecule has 1 saturated heterocycles. The Morgan fingerprint density at radius 3 is 2.75 bits per heavy atom. The highest BCUT2D eigenvalue weighted by Gasteiger charge is 2.18. The fraction of sp³-hybridized carbons (Fsp3) is 0.438. The molecule has 3 rings (SSSR count). The molecule has 1 aromatic heterocycles. The highest BCUT2D eigenvalue weighted by molar-refractivity contribution is 7.15. The standard InChI is InChI=1S/C16H21N3S/c1-19(14-7-9-17-10-8-14)12-15-11-18-16(20-15)13-5-3-2-4-6-13/h2-6,11,14,17H,7-10,12H2,1H3. The van der Waals surface area contributed by atoms with Gasteiger partial charge < -0.3 is 5.32 Å². The zero-order chi connectivity index (χ0) is 13.8. The van der Waals surface area contributed by atoms with E-state index < -0.39 is 0 Å². The summed E-state index contributed by atoms with van der Waals surface area (Å²) in [4.78, 5) is 8.39. The lowest BCUT2D eigenvalue weighted by Gasteiger charge is -2.31. The SMILES string of the molecule is CN(Cc1cnc(-c2ccccc2)s1)C1CCNCC1. The number of nitrogens with zero attached hydrogens (tertiary/aromatic N) is 2. The van der Waals surface area contributed by atoms with E-state index >= 15 is 0 Å². The van der Waals surface area contributed by atoms with Crippen LogP contribution in [-0.2, 0) is 6.54 Å². The summed E-state index contributed by atoms with van der Waals surface area (Å²) >= 11 is 1.81. The molecule has 0 atom stereocenters. The second-order valence-corrected chi connectivity index (χ2v) is 6.51. The molecule has 3 nitrogen and oxygen atoms in total. The molecule has 0 unspecified atom stereocenters. The first-order valence-electron chi connectivity index (χ1n) is 7.24. The topological polar surface area (TPSA) is 28.2 Å².